The first-order chi connectivity index (χ1) is 12.2. The second kappa shape index (κ2) is 7.49. The van der Waals surface area contributed by atoms with Gasteiger partial charge < -0.3 is 14.2 Å². The largest absolute Gasteiger partial charge is 0.383 e. The van der Waals surface area contributed by atoms with Crippen LogP contribution in [0.25, 0.3) is 10.9 Å². The van der Waals surface area contributed by atoms with Gasteiger partial charge in [0.05, 0.1) is 18.4 Å². The second-order valence-corrected chi connectivity index (χ2v) is 6.19. The summed E-state index contributed by atoms with van der Waals surface area (Å²) in [6.07, 6.45) is 1.85. The standard InChI is InChI=1S/C19H21N3O3/c1-25-11-10-22-16-7-3-2-6-14(16)12-17(22)18(23)15(13-20)19(24)21-8-4-5-9-21/h2-3,6-7,12,15H,4-5,8-11H2,1H3. The van der Waals surface area contributed by atoms with Gasteiger partial charge >= 0.3 is 0 Å². The average molecular weight is 339 g/mol. The summed E-state index contributed by atoms with van der Waals surface area (Å²) in [6, 6.07) is 11.3. The lowest BCUT2D eigenvalue weighted by atomic mass is 10.0. The Bertz CT molecular complexity index is 828. The highest BCUT2D eigenvalue weighted by Gasteiger charge is 2.34. The monoisotopic (exact) mass is 339 g/mol. The van der Waals surface area contributed by atoms with Gasteiger partial charge in [0.2, 0.25) is 11.7 Å². The van der Waals surface area contributed by atoms with E-state index in [9.17, 15) is 14.9 Å². The molecule has 2 heterocycles. The Morgan fingerprint density at radius 2 is 2.00 bits per heavy atom. The molecule has 0 saturated carbocycles. The topological polar surface area (TPSA) is 75.3 Å². The number of aromatic nitrogens is 1. The fourth-order valence-electron chi connectivity index (χ4n) is 3.33. The molecule has 0 aliphatic carbocycles. The van der Waals surface area contributed by atoms with E-state index in [4.69, 9.17) is 4.74 Å². The minimum absolute atomic E-state index is 0.381. The molecule has 1 saturated heterocycles. The summed E-state index contributed by atoms with van der Waals surface area (Å²) in [6.45, 7) is 2.17. The van der Waals surface area contributed by atoms with Crippen molar-refractivity contribution >= 4 is 22.6 Å². The van der Waals surface area contributed by atoms with E-state index in [0.29, 0.717) is 31.9 Å². The number of rotatable bonds is 6. The van der Waals surface area contributed by atoms with Crippen LogP contribution in [0.5, 0.6) is 0 Å². The normalized spacial score (nSPS) is 15.3. The molecule has 0 radical (unpaired) electrons. The van der Waals surface area contributed by atoms with Crippen LogP contribution in [0, 0.1) is 17.2 Å². The number of ketones is 1. The van der Waals surface area contributed by atoms with Gasteiger partial charge in [0.15, 0.2) is 5.92 Å². The van der Waals surface area contributed by atoms with Gasteiger partial charge in [0.25, 0.3) is 0 Å². The molecule has 130 valence electrons. The zero-order chi connectivity index (χ0) is 17.8. The number of fused-ring (bicyclic) bond motifs is 1. The SMILES string of the molecule is COCCn1c(C(=O)C(C#N)C(=O)N2CCCC2)cc2ccccc21. The third-order valence-corrected chi connectivity index (χ3v) is 4.64. The van der Waals surface area contributed by atoms with E-state index in [1.165, 1.54) is 0 Å². The Kier molecular flexibility index (Phi) is 5.15. The molecule has 1 atom stereocenters. The number of carbonyl (C=O) groups is 2. The van der Waals surface area contributed by atoms with Gasteiger partial charge in [-0.25, -0.2) is 0 Å². The molecule has 3 rings (SSSR count). The first-order valence-corrected chi connectivity index (χ1v) is 8.47. The summed E-state index contributed by atoms with van der Waals surface area (Å²) in [5, 5.41) is 10.4. The van der Waals surface area contributed by atoms with Crippen LogP contribution >= 0.6 is 0 Å². The quantitative estimate of drug-likeness (QED) is 0.597. The zero-order valence-corrected chi connectivity index (χ0v) is 14.3. The summed E-state index contributed by atoms with van der Waals surface area (Å²) in [7, 11) is 1.60. The molecule has 1 aliphatic heterocycles. The van der Waals surface area contributed by atoms with Crippen LogP contribution in [0.3, 0.4) is 0 Å². The Morgan fingerprint density at radius 3 is 2.68 bits per heavy atom. The number of benzene rings is 1. The van der Waals surface area contributed by atoms with Gasteiger partial charge in [0.1, 0.15) is 0 Å². The zero-order valence-electron chi connectivity index (χ0n) is 14.3. The maximum Gasteiger partial charge on any atom is 0.248 e. The van der Waals surface area contributed by atoms with Gasteiger partial charge in [0, 0.05) is 37.6 Å². The van der Waals surface area contributed by atoms with E-state index >= 15 is 0 Å². The van der Waals surface area contributed by atoms with Crippen LogP contribution in [0.2, 0.25) is 0 Å². The van der Waals surface area contributed by atoms with Crippen molar-refractivity contribution in [1.82, 2.24) is 9.47 Å². The molecule has 1 amide bonds. The van der Waals surface area contributed by atoms with Crippen molar-refractivity contribution < 1.29 is 14.3 Å². The van der Waals surface area contributed by atoms with Crippen molar-refractivity contribution in [2.75, 3.05) is 26.8 Å². The second-order valence-electron chi connectivity index (χ2n) is 6.19. The number of methoxy groups -OCH3 is 1. The van der Waals surface area contributed by atoms with Crippen molar-refractivity contribution in [2.24, 2.45) is 5.92 Å². The number of hydrogen-bond acceptors (Lipinski definition) is 4. The van der Waals surface area contributed by atoms with Crippen LogP contribution in [-0.2, 0) is 16.1 Å². The molecule has 1 aliphatic rings. The lowest BCUT2D eigenvalue weighted by Gasteiger charge is -2.18. The van der Waals surface area contributed by atoms with Crippen LogP contribution < -0.4 is 0 Å². The van der Waals surface area contributed by atoms with Crippen molar-refractivity contribution in [1.29, 1.82) is 5.26 Å². The van der Waals surface area contributed by atoms with E-state index in [0.717, 1.165) is 23.7 Å². The predicted molar refractivity (Wildman–Crippen MR) is 93.1 cm³/mol. The number of Topliss-reactive ketones (excluding diaryl/α,β-unsaturated/α-hetero) is 1. The Balaban J connectivity index is 1.97. The summed E-state index contributed by atoms with van der Waals surface area (Å²) in [5.41, 5.74) is 1.28. The summed E-state index contributed by atoms with van der Waals surface area (Å²) < 4.78 is 6.98. The molecular weight excluding hydrogens is 318 g/mol. The first kappa shape index (κ1) is 17.2. The van der Waals surface area contributed by atoms with Crippen LogP contribution in [0.1, 0.15) is 23.3 Å². The third-order valence-electron chi connectivity index (χ3n) is 4.64. The number of amides is 1. The van der Waals surface area contributed by atoms with Crippen LogP contribution in [-0.4, -0.2) is 48.0 Å². The summed E-state index contributed by atoms with van der Waals surface area (Å²) >= 11 is 0. The maximum atomic E-state index is 13.0. The van der Waals surface area contributed by atoms with E-state index in [2.05, 4.69) is 0 Å². The molecule has 0 bridgehead atoms. The highest BCUT2D eigenvalue weighted by atomic mass is 16.5. The van der Waals surface area contributed by atoms with Crippen LogP contribution in [0.4, 0.5) is 0 Å². The number of carbonyl (C=O) groups excluding carboxylic acids is 2. The molecule has 6 heteroatoms. The molecule has 2 aromatic rings. The molecular formula is C19H21N3O3. The van der Waals surface area contributed by atoms with Gasteiger partial charge in [-0.1, -0.05) is 18.2 Å². The summed E-state index contributed by atoms with van der Waals surface area (Å²) in [5.74, 6) is -2.11. The molecule has 25 heavy (non-hydrogen) atoms. The lowest BCUT2D eigenvalue weighted by Crippen LogP contribution is -2.37. The smallest absolute Gasteiger partial charge is 0.248 e. The molecule has 6 nitrogen and oxygen atoms in total. The molecule has 1 fully saturated rings. The number of ether oxygens (including phenoxy) is 1. The van der Waals surface area contributed by atoms with Gasteiger partial charge in [-0.2, -0.15) is 5.26 Å². The number of hydrogen-bond donors (Lipinski definition) is 0. The lowest BCUT2D eigenvalue weighted by molar-refractivity contribution is -0.131. The third kappa shape index (κ3) is 3.28. The highest BCUT2D eigenvalue weighted by molar-refractivity contribution is 6.13. The minimum Gasteiger partial charge on any atom is -0.383 e. The Hall–Kier alpha value is -2.65. The van der Waals surface area contributed by atoms with Crippen molar-refractivity contribution in [3.8, 4) is 6.07 Å². The number of para-hydroxylation sites is 1. The molecule has 1 aromatic carbocycles. The van der Waals surface area contributed by atoms with E-state index < -0.39 is 11.7 Å². The Morgan fingerprint density at radius 1 is 1.28 bits per heavy atom. The number of likely N-dealkylation sites (tertiary alicyclic amines) is 1. The van der Waals surface area contributed by atoms with E-state index in [1.807, 2.05) is 34.9 Å². The molecule has 1 unspecified atom stereocenters. The molecule has 1 aromatic heterocycles. The predicted octanol–water partition coefficient (Wildman–Crippen LogP) is 2.23. The summed E-state index contributed by atoms with van der Waals surface area (Å²) in [4.78, 5) is 27.2. The van der Waals surface area contributed by atoms with E-state index in [-0.39, 0.29) is 5.91 Å². The van der Waals surface area contributed by atoms with Crippen LogP contribution in [0.15, 0.2) is 30.3 Å². The maximum absolute atomic E-state index is 13.0. The fourth-order valence-corrected chi connectivity index (χ4v) is 3.33. The number of nitrogens with zero attached hydrogens (tertiary/aromatic N) is 3. The van der Waals surface area contributed by atoms with Gasteiger partial charge in [-0.3, -0.25) is 9.59 Å². The highest BCUT2D eigenvalue weighted by Crippen LogP contribution is 2.23. The fraction of sp³-hybridized carbons (Fsp3) is 0.421. The first-order valence-electron chi connectivity index (χ1n) is 8.47. The molecule has 0 spiro atoms. The van der Waals surface area contributed by atoms with Crippen molar-refractivity contribution in [2.45, 2.75) is 19.4 Å². The average Bonchev–Trinajstić information content (AvgIpc) is 3.28. The van der Waals surface area contributed by atoms with Gasteiger partial charge in [-0.15, -0.1) is 0 Å². The van der Waals surface area contributed by atoms with Crippen molar-refractivity contribution in [3.63, 3.8) is 0 Å². The van der Waals surface area contributed by atoms with E-state index in [1.54, 1.807) is 18.1 Å². The molecule has 0 N–H and O–H groups in total. The Labute approximate surface area is 146 Å². The minimum atomic E-state index is -1.29. The van der Waals surface area contributed by atoms with Gasteiger partial charge in [-0.05, 0) is 25.0 Å². The number of nitriles is 1. The van der Waals surface area contributed by atoms with Crippen molar-refractivity contribution in [3.05, 3.63) is 36.0 Å².